The van der Waals surface area contributed by atoms with E-state index in [1.165, 1.54) is 0 Å². The van der Waals surface area contributed by atoms with Crippen LogP contribution in [-0.4, -0.2) is 31.4 Å². The first kappa shape index (κ1) is 17.6. The number of benzene rings is 1. The number of hydrogen-bond acceptors (Lipinski definition) is 6. The Bertz CT molecular complexity index is 1200. The number of hydrogen-bond donors (Lipinski definition) is 1. The third kappa shape index (κ3) is 3.05. The van der Waals surface area contributed by atoms with Crippen molar-refractivity contribution in [1.29, 1.82) is 0 Å². The topological polar surface area (TPSA) is 103 Å². The molecule has 3 heterocycles. The van der Waals surface area contributed by atoms with E-state index in [1.807, 2.05) is 0 Å². The lowest BCUT2D eigenvalue weighted by molar-refractivity contribution is 0.102. The Morgan fingerprint density at radius 2 is 1.89 bits per heavy atom. The van der Waals surface area contributed by atoms with Gasteiger partial charge in [-0.3, -0.25) is 9.59 Å². The van der Waals surface area contributed by atoms with Gasteiger partial charge in [0.05, 0.1) is 16.6 Å². The average molecular weight is 375 g/mol. The van der Waals surface area contributed by atoms with Crippen LogP contribution in [0.3, 0.4) is 0 Å². The van der Waals surface area contributed by atoms with Gasteiger partial charge in [-0.15, -0.1) is 0 Å². The van der Waals surface area contributed by atoms with Gasteiger partial charge in [-0.1, -0.05) is 5.16 Å². The summed E-state index contributed by atoms with van der Waals surface area (Å²) in [6.45, 7) is 3.55. The fourth-order valence-corrected chi connectivity index (χ4v) is 3.01. The van der Waals surface area contributed by atoms with Crippen molar-refractivity contribution in [3.05, 3.63) is 71.1 Å². The molecular formula is C20H17N5O3. The van der Waals surface area contributed by atoms with E-state index in [0.717, 1.165) is 0 Å². The summed E-state index contributed by atoms with van der Waals surface area (Å²) >= 11 is 0. The maximum Gasteiger partial charge on any atom is 0.258 e. The van der Waals surface area contributed by atoms with Gasteiger partial charge in [0.25, 0.3) is 11.6 Å². The molecule has 0 saturated carbocycles. The van der Waals surface area contributed by atoms with Crippen molar-refractivity contribution in [3.63, 3.8) is 0 Å². The zero-order valence-corrected chi connectivity index (χ0v) is 15.6. The van der Waals surface area contributed by atoms with Crippen LogP contribution in [0.15, 0.2) is 47.2 Å². The van der Waals surface area contributed by atoms with Crippen LogP contribution in [0.5, 0.6) is 0 Å². The van der Waals surface area contributed by atoms with Gasteiger partial charge in [-0.2, -0.15) is 0 Å². The lowest BCUT2D eigenvalue weighted by Gasteiger charge is -2.08. The highest BCUT2D eigenvalue weighted by molar-refractivity contribution is 6.12. The molecule has 0 saturated heterocycles. The summed E-state index contributed by atoms with van der Waals surface area (Å²) < 4.78 is 6.83. The van der Waals surface area contributed by atoms with Gasteiger partial charge in [0.1, 0.15) is 0 Å². The number of aromatic nitrogens is 4. The molecule has 0 spiro atoms. The van der Waals surface area contributed by atoms with Crippen LogP contribution >= 0.6 is 0 Å². The number of nitrogens with one attached hydrogen (secondary N) is 1. The smallest absolute Gasteiger partial charge is 0.258 e. The second-order valence-corrected chi connectivity index (χ2v) is 6.48. The Morgan fingerprint density at radius 3 is 2.57 bits per heavy atom. The van der Waals surface area contributed by atoms with E-state index >= 15 is 0 Å². The Morgan fingerprint density at radius 1 is 1.14 bits per heavy atom. The van der Waals surface area contributed by atoms with E-state index in [2.05, 4.69) is 20.4 Å². The average Bonchev–Trinajstić information content (AvgIpc) is 3.27. The molecule has 3 aromatic heterocycles. The van der Waals surface area contributed by atoms with E-state index in [-0.39, 0.29) is 11.7 Å². The normalized spacial score (nSPS) is 11.0. The molecule has 0 unspecified atom stereocenters. The number of amides is 1. The van der Waals surface area contributed by atoms with Gasteiger partial charge in [0, 0.05) is 36.4 Å². The fourth-order valence-electron chi connectivity index (χ4n) is 3.01. The minimum atomic E-state index is -0.301. The van der Waals surface area contributed by atoms with Crippen molar-refractivity contribution >= 4 is 28.5 Å². The minimum absolute atomic E-state index is 0.183. The predicted molar refractivity (Wildman–Crippen MR) is 102 cm³/mol. The van der Waals surface area contributed by atoms with E-state index < -0.39 is 0 Å². The van der Waals surface area contributed by atoms with Gasteiger partial charge in [0.15, 0.2) is 5.82 Å². The maximum absolute atomic E-state index is 12.8. The second kappa shape index (κ2) is 6.73. The molecule has 0 aliphatic rings. The summed E-state index contributed by atoms with van der Waals surface area (Å²) in [5, 5.41) is 7.31. The number of pyridine rings is 1. The second-order valence-electron chi connectivity index (χ2n) is 6.48. The molecule has 4 aromatic rings. The van der Waals surface area contributed by atoms with Crippen LogP contribution in [0, 0.1) is 13.8 Å². The Kier molecular flexibility index (Phi) is 4.23. The molecule has 0 aliphatic heterocycles. The largest absolute Gasteiger partial charge is 0.336 e. The summed E-state index contributed by atoms with van der Waals surface area (Å²) in [7, 11) is 1.76. The van der Waals surface area contributed by atoms with Crippen LogP contribution in [0.2, 0.25) is 0 Å². The third-order valence-corrected chi connectivity index (χ3v) is 4.42. The first-order valence-corrected chi connectivity index (χ1v) is 8.61. The summed E-state index contributed by atoms with van der Waals surface area (Å²) in [6.07, 6.45) is 3.29. The molecule has 0 fully saturated rings. The van der Waals surface area contributed by atoms with Gasteiger partial charge in [-0.05, 0) is 44.2 Å². The maximum atomic E-state index is 12.8. The number of nitrogens with zero attached hydrogens (tertiary/aromatic N) is 4. The van der Waals surface area contributed by atoms with Crippen molar-refractivity contribution in [1.82, 2.24) is 19.7 Å². The minimum Gasteiger partial charge on any atom is -0.336 e. The number of imidazole rings is 1. The van der Waals surface area contributed by atoms with E-state index in [9.17, 15) is 9.59 Å². The number of rotatable bonds is 4. The first-order chi connectivity index (χ1) is 13.4. The molecule has 8 nitrogen and oxygen atoms in total. The molecule has 0 radical (unpaired) electrons. The van der Waals surface area contributed by atoms with Crippen molar-refractivity contribution in [2.24, 2.45) is 7.05 Å². The number of fused-ring (bicyclic) bond motifs is 1. The summed E-state index contributed by atoms with van der Waals surface area (Å²) in [5.74, 6) is -0.128. The highest BCUT2D eigenvalue weighted by atomic mass is 16.5. The van der Waals surface area contributed by atoms with Gasteiger partial charge in [0.2, 0.25) is 5.78 Å². The lowest BCUT2D eigenvalue weighted by Crippen LogP contribution is -2.13. The van der Waals surface area contributed by atoms with Crippen LogP contribution in [0.4, 0.5) is 5.69 Å². The summed E-state index contributed by atoms with van der Waals surface area (Å²) in [5.41, 5.74) is 3.09. The number of ketones is 1. The fraction of sp³-hybridized carbons (Fsp3) is 0.150. The molecule has 1 amide bonds. The molecule has 4 rings (SSSR count). The predicted octanol–water partition coefficient (Wildman–Crippen LogP) is 3.06. The van der Waals surface area contributed by atoms with Crippen molar-refractivity contribution < 1.29 is 14.1 Å². The Hall–Kier alpha value is -3.81. The number of aryl methyl sites for hydroxylation is 3. The number of anilines is 1. The van der Waals surface area contributed by atoms with Crippen molar-refractivity contribution in [2.75, 3.05) is 5.32 Å². The standard InChI is InChI=1S/C20H17N5O3/c1-11-10-15(16-12(2)24-28-20(16)22-11)19(27)23-14-6-4-13(5-7-14)17(26)18-21-8-9-25(18)3/h4-10H,1-3H3,(H,23,27). The van der Waals surface area contributed by atoms with Crippen LogP contribution in [0.1, 0.15) is 37.9 Å². The highest BCUT2D eigenvalue weighted by Crippen LogP contribution is 2.23. The van der Waals surface area contributed by atoms with Crippen LogP contribution in [0.25, 0.3) is 11.1 Å². The molecule has 28 heavy (non-hydrogen) atoms. The molecule has 0 bridgehead atoms. The Balaban J connectivity index is 1.59. The van der Waals surface area contributed by atoms with Crippen LogP contribution < -0.4 is 5.32 Å². The van der Waals surface area contributed by atoms with Gasteiger partial charge < -0.3 is 14.4 Å². The molecule has 8 heteroatoms. The molecular weight excluding hydrogens is 358 g/mol. The SMILES string of the molecule is Cc1cc(C(=O)Nc2ccc(C(=O)c3nccn3C)cc2)c2c(C)noc2n1. The molecule has 1 aromatic carbocycles. The molecule has 140 valence electrons. The molecule has 0 aliphatic carbocycles. The zero-order chi connectivity index (χ0) is 19.8. The highest BCUT2D eigenvalue weighted by Gasteiger charge is 2.18. The van der Waals surface area contributed by atoms with E-state index in [1.54, 1.807) is 68.2 Å². The lowest BCUT2D eigenvalue weighted by atomic mass is 10.1. The van der Waals surface area contributed by atoms with Crippen LogP contribution in [-0.2, 0) is 7.05 Å². The summed E-state index contributed by atoms with van der Waals surface area (Å²) in [6, 6.07) is 8.37. The van der Waals surface area contributed by atoms with Gasteiger partial charge >= 0.3 is 0 Å². The Labute approximate surface area is 160 Å². The third-order valence-electron chi connectivity index (χ3n) is 4.42. The van der Waals surface area contributed by atoms with Crippen molar-refractivity contribution in [2.45, 2.75) is 13.8 Å². The van der Waals surface area contributed by atoms with E-state index in [4.69, 9.17) is 4.52 Å². The van der Waals surface area contributed by atoms with Gasteiger partial charge in [-0.25, -0.2) is 9.97 Å². The van der Waals surface area contributed by atoms with Crippen molar-refractivity contribution in [3.8, 4) is 0 Å². The summed E-state index contributed by atoms with van der Waals surface area (Å²) in [4.78, 5) is 33.6. The first-order valence-electron chi connectivity index (χ1n) is 8.61. The molecule has 0 atom stereocenters. The number of carbonyl (C=O) groups is 2. The monoisotopic (exact) mass is 375 g/mol. The quantitative estimate of drug-likeness (QED) is 0.550. The molecule has 1 N–H and O–H groups in total. The zero-order valence-electron chi connectivity index (χ0n) is 15.6. The number of carbonyl (C=O) groups excluding carboxylic acids is 2. The van der Waals surface area contributed by atoms with E-state index in [0.29, 0.717) is 45.1 Å².